The average Bonchev–Trinajstić information content (AvgIpc) is 2.99. The van der Waals surface area contributed by atoms with Crippen molar-refractivity contribution in [3.05, 3.63) is 42.0 Å². The number of amides is 1. The highest BCUT2D eigenvalue weighted by atomic mass is 32.2. The molecule has 0 radical (unpaired) electrons. The van der Waals surface area contributed by atoms with E-state index in [1.54, 1.807) is 11.8 Å². The van der Waals surface area contributed by atoms with Crippen molar-refractivity contribution in [1.29, 1.82) is 0 Å². The quantitative estimate of drug-likeness (QED) is 0.513. The first-order valence-electron chi connectivity index (χ1n) is 7.57. The Morgan fingerprint density at radius 3 is 2.29 bits per heavy atom. The van der Waals surface area contributed by atoms with Gasteiger partial charge in [-0.25, -0.2) is 0 Å². The third-order valence-corrected chi connectivity index (χ3v) is 6.44. The molecule has 0 spiro atoms. The van der Waals surface area contributed by atoms with Gasteiger partial charge in [0.15, 0.2) is 8.68 Å². The molecule has 0 bridgehead atoms. The molecule has 0 atom stereocenters. The van der Waals surface area contributed by atoms with E-state index in [4.69, 9.17) is 0 Å². The summed E-state index contributed by atoms with van der Waals surface area (Å²) < 4.78 is 1.72. The van der Waals surface area contributed by atoms with Crippen LogP contribution in [0.3, 0.4) is 0 Å². The second kappa shape index (κ2) is 9.25. The predicted octanol–water partition coefficient (Wildman–Crippen LogP) is 5.06. The predicted molar refractivity (Wildman–Crippen MR) is 105 cm³/mol. The van der Waals surface area contributed by atoms with E-state index in [1.165, 1.54) is 28.7 Å². The van der Waals surface area contributed by atoms with Crippen molar-refractivity contribution >= 4 is 46.5 Å². The van der Waals surface area contributed by atoms with Gasteiger partial charge in [0.25, 0.3) is 0 Å². The summed E-state index contributed by atoms with van der Waals surface area (Å²) in [7, 11) is 0. The Morgan fingerprint density at radius 1 is 1.17 bits per heavy atom. The second-order valence-corrected chi connectivity index (χ2v) is 9.12. The Balaban J connectivity index is 1.79. The maximum absolute atomic E-state index is 12.0. The molecular formula is C17H21N3OS3. The molecule has 1 aromatic heterocycles. The molecule has 0 unspecified atom stereocenters. The molecule has 0 aliphatic carbocycles. The summed E-state index contributed by atoms with van der Waals surface area (Å²) >= 11 is 4.54. The fraction of sp³-hybridized carbons (Fsp3) is 0.353. The molecule has 2 rings (SSSR count). The number of nitrogens with zero attached hydrogens (tertiary/aromatic N) is 2. The van der Waals surface area contributed by atoms with Crippen LogP contribution >= 0.6 is 34.9 Å². The van der Waals surface area contributed by atoms with Gasteiger partial charge in [-0.1, -0.05) is 73.0 Å². The third-order valence-electron chi connectivity index (χ3n) is 3.02. The smallest absolute Gasteiger partial charge is 0.234 e. The fourth-order valence-corrected chi connectivity index (χ4v) is 4.44. The van der Waals surface area contributed by atoms with Crippen molar-refractivity contribution in [3.63, 3.8) is 0 Å². The zero-order valence-corrected chi connectivity index (χ0v) is 16.5. The van der Waals surface area contributed by atoms with Crippen LogP contribution in [0.4, 0.5) is 5.69 Å². The van der Waals surface area contributed by atoms with E-state index >= 15 is 0 Å². The van der Waals surface area contributed by atoms with Gasteiger partial charge in [0, 0.05) is 11.4 Å². The van der Waals surface area contributed by atoms with Crippen molar-refractivity contribution in [1.82, 2.24) is 10.2 Å². The Labute approximate surface area is 155 Å². The summed E-state index contributed by atoms with van der Waals surface area (Å²) in [5, 5.41) is 11.1. The molecule has 24 heavy (non-hydrogen) atoms. The molecule has 1 aromatic carbocycles. The Kier molecular flexibility index (Phi) is 7.33. The maximum Gasteiger partial charge on any atom is 0.234 e. The highest BCUT2D eigenvalue weighted by Gasteiger charge is 2.09. The number of hydrogen-bond donors (Lipinski definition) is 1. The van der Waals surface area contributed by atoms with Gasteiger partial charge in [-0.3, -0.25) is 4.79 Å². The average molecular weight is 380 g/mol. The standard InChI is InChI=1S/C17H21N3OS3/c1-11(2)9-22-16-19-20-17(24-16)23-10-15(21)18-14-7-5-13(6-8-14)12(3)4/h5-8,12H,1,9-10H2,2-4H3,(H,18,21). The number of anilines is 1. The van der Waals surface area contributed by atoms with Crippen LogP contribution in [0.25, 0.3) is 0 Å². The van der Waals surface area contributed by atoms with Crippen LogP contribution in [0, 0.1) is 0 Å². The van der Waals surface area contributed by atoms with Crippen molar-refractivity contribution in [2.45, 2.75) is 35.4 Å². The molecule has 7 heteroatoms. The van der Waals surface area contributed by atoms with Crippen LogP contribution in [0.2, 0.25) is 0 Å². The van der Waals surface area contributed by atoms with Crippen LogP contribution in [-0.4, -0.2) is 27.6 Å². The van der Waals surface area contributed by atoms with Crippen molar-refractivity contribution < 1.29 is 4.79 Å². The lowest BCUT2D eigenvalue weighted by atomic mass is 10.0. The Bertz CT molecular complexity index is 695. The first-order valence-corrected chi connectivity index (χ1v) is 10.4. The minimum Gasteiger partial charge on any atom is -0.325 e. The summed E-state index contributed by atoms with van der Waals surface area (Å²) in [6.07, 6.45) is 0. The van der Waals surface area contributed by atoms with Crippen molar-refractivity contribution in [3.8, 4) is 0 Å². The molecular weight excluding hydrogens is 358 g/mol. The zero-order chi connectivity index (χ0) is 17.5. The van der Waals surface area contributed by atoms with E-state index in [2.05, 4.69) is 35.9 Å². The summed E-state index contributed by atoms with van der Waals surface area (Å²) in [6, 6.07) is 7.97. The van der Waals surface area contributed by atoms with Gasteiger partial charge < -0.3 is 5.32 Å². The topological polar surface area (TPSA) is 54.9 Å². The molecule has 0 aliphatic heterocycles. The first-order chi connectivity index (χ1) is 11.4. The third kappa shape index (κ3) is 6.30. The number of aromatic nitrogens is 2. The lowest BCUT2D eigenvalue weighted by molar-refractivity contribution is -0.113. The van der Waals surface area contributed by atoms with Gasteiger partial charge in [0.05, 0.1) is 5.75 Å². The Hall–Kier alpha value is -1.31. The molecule has 0 aliphatic rings. The van der Waals surface area contributed by atoms with Crippen LogP contribution < -0.4 is 5.32 Å². The van der Waals surface area contributed by atoms with E-state index in [1.807, 2.05) is 31.2 Å². The lowest BCUT2D eigenvalue weighted by Gasteiger charge is -2.08. The number of hydrogen-bond acceptors (Lipinski definition) is 6. The monoisotopic (exact) mass is 379 g/mol. The summed E-state index contributed by atoms with van der Waals surface area (Å²) in [5.41, 5.74) is 3.18. The lowest BCUT2D eigenvalue weighted by Crippen LogP contribution is -2.13. The fourth-order valence-electron chi connectivity index (χ4n) is 1.77. The van der Waals surface area contributed by atoms with Gasteiger partial charge in [0.2, 0.25) is 5.91 Å². The van der Waals surface area contributed by atoms with Crippen molar-refractivity contribution in [2.24, 2.45) is 0 Å². The van der Waals surface area contributed by atoms with Crippen LogP contribution in [-0.2, 0) is 4.79 Å². The summed E-state index contributed by atoms with van der Waals surface area (Å²) in [5.74, 6) is 1.61. The molecule has 4 nitrogen and oxygen atoms in total. The number of carbonyl (C=O) groups is 1. The van der Waals surface area contributed by atoms with E-state index < -0.39 is 0 Å². The normalized spacial score (nSPS) is 10.8. The largest absolute Gasteiger partial charge is 0.325 e. The van der Waals surface area contributed by atoms with Gasteiger partial charge in [-0.15, -0.1) is 10.2 Å². The minimum atomic E-state index is -0.0383. The number of nitrogens with one attached hydrogen (secondary N) is 1. The van der Waals surface area contributed by atoms with Crippen LogP contribution in [0.1, 0.15) is 32.3 Å². The molecule has 1 N–H and O–H groups in total. The number of rotatable bonds is 8. The van der Waals surface area contributed by atoms with E-state index in [0.717, 1.165) is 25.7 Å². The molecule has 0 fully saturated rings. The van der Waals surface area contributed by atoms with Crippen LogP contribution in [0.5, 0.6) is 0 Å². The van der Waals surface area contributed by atoms with E-state index in [0.29, 0.717) is 11.7 Å². The van der Waals surface area contributed by atoms with Gasteiger partial charge in [-0.2, -0.15) is 0 Å². The number of thioether (sulfide) groups is 2. The first kappa shape index (κ1) is 19.0. The van der Waals surface area contributed by atoms with Crippen LogP contribution in [0.15, 0.2) is 45.1 Å². The number of carbonyl (C=O) groups excluding carboxylic acids is 1. The van der Waals surface area contributed by atoms with E-state index in [-0.39, 0.29) is 5.91 Å². The SMILES string of the molecule is C=C(C)CSc1nnc(SCC(=O)Nc2ccc(C(C)C)cc2)s1. The van der Waals surface area contributed by atoms with Gasteiger partial charge >= 0.3 is 0 Å². The van der Waals surface area contributed by atoms with Gasteiger partial charge in [0.1, 0.15) is 0 Å². The highest BCUT2D eigenvalue weighted by Crippen LogP contribution is 2.29. The molecule has 0 saturated heterocycles. The summed E-state index contributed by atoms with van der Waals surface area (Å²) in [4.78, 5) is 12.0. The van der Waals surface area contributed by atoms with Crippen molar-refractivity contribution in [2.75, 3.05) is 16.8 Å². The zero-order valence-electron chi connectivity index (χ0n) is 14.0. The Morgan fingerprint density at radius 2 is 1.75 bits per heavy atom. The van der Waals surface area contributed by atoms with E-state index in [9.17, 15) is 4.79 Å². The minimum absolute atomic E-state index is 0.0383. The molecule has 0 saturated carbocycles. The summed E-state index contributed by atoms with van der Waals surface area (Å²) in [6.45, 7) is 10.2. The molecule has 1 amide bonds. The highest BCUT2D eigenvalue weighted by molar-refractivity contribution is 8.03. The number of benzene rings is 1. The molecule has 1 heterocycles. The molecule has 128 valence electrons. The second-order valence-electron chi connectivity index (χ2n) is 5.69. The molecule has 2 aromatic rings. The maximum atomic E-state index is 12.0. The van der Waals surface area contributed by atoms with Gasteiger partial charge in [-0.05, 0) is 30.5 Å².